The summed E-state index contributed by atoms with van der Waals surface area (Å²) in [6.45, 7) is 6.46. The second-order valence-corrected chi connectivity index (χ2v) is 4.25. The van der Waals surface area contributed by atoms with E-state index in [0.29, 0.717) is 6.61 Å². The molecule has 2 unspecified atom stereocenters. The van der Waals surface area contributed by atoms with Crippen LogP contribution < -0.4 is 0 Å². The van der Waals surface area contributed by atoms with Crippen LogP contribution >= 0.6 is 0 Å². The van der Waals surface area contributed by atoms with Crippen molar-refractivity contribution in [2.24, 2.45) is 5.92 Å². The van der Waals surface area contributed by atoms with Crippen molar-refractivity contribution in [3.05, 3.63) is 12.2 Å². The molecule has 0 bridgehead atoms. The Hall–Kier alpha value is -0.340. The van der Waals surface area contributed by atoms with E-state index in [-0.39, 0.29) is 5.92 Å². The summed E-state index contributed by atoms with van der Waals surface area (Å²) in [6.07, 6.45) is 4.27. The summed E-state index contributed by atoms with van der Waals surface area (Å²) in [5.74, 6) is 0.223. The van der Waals surface area contributed by atoms with E-state index < -0.39 is 5.60 Å². The van der Waals surface area contributed by atoms with Gasteiger partial charge in [-0.2, -0.15) is 0 Å². The van der Waals surface area contributed by atoms with E-state index in [9.17, 15) is 5.11 Å². The third-order valence-electron chi connectivity index (χ3n) is 3.00. The van der Waals surface area contributed by atoms with E-state index in [1.54, 1.807) is 7.11 Å². The highest BCUT2D eigenvalue weighted by Crippen LogP contribution is 2.37. The van der Waals surface area contributed by atoms with Gasteiger partial charge in [0, 0.05) is 13.0 Å². The monoisotopic (exact) mass is 184 g/mol. The zero-order valence-corrected chi connectivity index (χ0v) is 8.68. The Morgan fingerprint density at radius 2 is 2.31 bits per heavy atom. The molecule has 0 aromatic carbocycles. The zero-order chi connectivity index (χ0) is 9.90. The summed E-state index contributed by atoms with van der Waals surface area (Å²) in [6, 6.07) is 0. The van der Waals surface area contributed by atoms with Crippen LogP contribution in [0.2, 0.25) is 0 Å². The van der Waals surface area contributed by atoms with Crippen molar-refractivity contribution in [3.8, 4) is 0 Å². The molecule has 1 fully saturated rings. The third-order valence-corrected chi connectivity index (χ3v) is 3.00. The minimum Gasteiger partial charge on any atom is -0.390 e. The molecule has 1 rings (SSSR count). The average molecular weight is 184 g/mol. The average Bonchev–Trinajstić information content (AvgIpc) is 2.03. The van der Waals surface area contributed by atoms with E-state index in [1.807, 2.05) is 6.92 Å². The maximum atomic E-state index is 10.1. The zero-order valence-electron chi connectivity index (χ0n) is 8.68. The van der Waals surface area contributed by atoms with E-state index in [1.165, 1.54) is 6.42 Å². The Bertz CT molecular complexity index is 185. The lowest BCUT2D eigenvalue weighted by Crippen LogP contribution is -2.39. The van der Waals surface area contributed by atoms with Crippen LogP contribution in [0.5, 0.6) is 0 Å². The van der Waals surface area contributed by atoms with Crippen LogP contribution in [0.3, 0.4) is 0 Å². The molecule has 0 saturated heterocycles. The second-order valence-electron chi connectivity index (χ2n) is 4.25. The van der Waals surface area contributed by atoms with Crippen LogP contribution in [-0.2, 0) is 4.74 Å². The summed E-state index contributed by atoms with van der Waals surface area (Å²) >= 11 is 0. The maximum Gasteiger partial charge on any atom is 0.0685 e. The van der Waals surface area contributed by atoms with E-state index >= 15 is 0 Å². The summed E-state index contributed by atoms with van der Waals surface area (Å²) < 4.78 is 5.04. The molecule has 2 nitrogen and oxygen atoms in total. The van der Waals surface area contributed by atoms with Gasteiger partial charge in [0.15, 0.2) is 0 Å². The van der Waals surface area contributed by atoms with Crippen LogP contribution in [0, 0.1) is 5.92 Å². The Kier molecular flexibility index (Phi) is 3.51. The lowest BCUT2D eigenvalue weighted by Gasteiger charge is -2.38. The molecule has 76 valence electrons. The number of methoxy groups -OCH3 is 1. The quantitative estimate of drug-likeness (QED) is 0.681. The van der Waals surface area contributed by atoms with Crippen LogP contribution in [0.4, 0.5) is 0 Å². The minimum atomic E-state index is -0.562. The molecule has 0 aromatic rings. The topological polar surface area (TPSA) is 29.5 Å². The number of aliphatic hydroxyl groups is 1. The van der Waals surface area contributed by atoms with Crippen molar-refractivity contribution in [1.29, 1.82) is 0 Å². The molecule has 1 N–H and O–H groups in total. The SMILES string of the molecule is C=C(COC)C1CCCCC1(C)O. The van der Waals surface area contributed by atoms with Gasteiger partial charge in [0.2, 0.25) is 0 Å². The predicted molar refractivity (Wildman–Crippen MR) is 53.6 cm³/mol. The molecule has 2 atom stereocenters. The van der Waals surface area contributed by atoms with Crippen molar-refractivity contribution >= 4 is 0 Å². The van der Waals surface area contributed by atoms with Gasteiger partial charge < -0.3 is 9.84 Å². The lowest BCUT2D eigenvalue weighted by atomic mass is 9.73. The smallest absolute Gasteiger partial charge is 0.0685 e. The van der Waals surface area contributed by atoms with Crippen molar-refractivity contribution in [2.45, 2.75) is 38.2 Å². The van der Waals surface area contributed by atoms with Crippen LogP contribution in [0.15, 0.2) is 12.2 Å². The molecule has 0 aromatic heterocycles. The summed E-state index contributed by atoms with van der Waals surface area (Å²) in [4.78, 5) is 0. The molecule has 0 heterocycles. The Labute approximate surface area is 80.6 Å². The summed E-state index contributed by atoms with van der Waals surface area (Å²) in [7, 11) is 1.67. The standard InChI is InChI=1S/C11H20O2/c1-9(8-13-3)10-6-4-5-7-11(10,2)12/h10,12H,1,4-8H2,2-3H3. The van der Waals surface area contributed by atoms with Gasteiger partial charge >= 0.3 is 0 Å². The lowest BCUT2D eigenvalue weighted by molar-refractivity contribution is -0.0208. The first kappa shape index (κ1) is 10.7. The van der Waals surface area contributed by atoms with Crippen molar-refractivity contribution in [2.75, 3.05) is 13.7 Å². The molecule has 1 aliphatic rings. The van der Waals surface area contributed by atoms with Gasteiger partial charge in [0.05, 0.1) is 12.2 Å². The minimum absolute atomic E-state index is 0.223. The first-order valence-electron chi connectivity index (χ1n) is 4.97. The Morgan fingerprint density at radius 3 is 2.85 bits per heavy atom. The number of hydrogen-bond acceptors (Lipinski definition) is 2. The van der Waals surface area contributed by atoms with Gasteiger partial charge in [-0.15, -0.1) is 0 Å². The van der Waals surface area contributed by atoms with E-state index in [0.717, 1.165) is 24.8 Å². The maximum absolute atomic E-state index is 10.1. The Morgan fingerprint density at radius 1 is 1.62 bits per heavy atom. The number of ether oxygens (including phenoxy) is 1. The second kappa shape index (κ2) is 4.25. The van der Waals surface area contributed by atoms with E-state index in [4.69, 9.17) is 4.74 Å². The predicted octanol–water partition coefficient (Wildman–Crippen LogP) is 2.13. The van der Waals surface area contributed by atoms with Gasteiger partial charge in [-0.3, -0.25) is 0 Å². The Balaban J connectivity index is 2.59. The third kappa shape index (κ3) is 2.55. The first-order valence-corrected chi connectivity index (χ1v) is 4.97. The molecule has 2 heteroatoms. The first-order chi connectivity index (χ1) is 6.08. The van der Waals surface area contributed by atoms with E-state index in [2.05, 4.69) is 6.58 Å². The van der Waals surface area contributed by atoms with Gasteiger partial charge in [0.25, 0.3) is 0 Å². The van der Waals surface area contributed by atoms with Crippen molar-refractivity contribution < 1.29 is 9.84 Å². The molecule has 0 spiro atoms. The van der Waals surface area contributed by atoms with Crippen LogP contribution in [0.25, 0.3) is 0 Å². The molecule has 1 saturated carbocycles. The van der Waals surface area contributed by atoms with Gasteiger partial charge in [-0.1, -0.05) is 19.4 Å². The van der Waals surface area contributed by atoms with Crippen LogP contribution in [-0.4, -0.2) is 24.4 Å². The molecular weight excluding hydrogens is 164 g/mol. The molecule has 0 amide bonds. The molecule has 0 aliphatic heterocycles. The number of hydrogen-bond donors (Lipinski definition) is 1. The normalized spacial score (nSPS) is 34.5. The van der Waals surface area contributed by atoms with Crippen molar-refractivity contribution in [1.82, 2.24) is 0 Å². The summed E-state index contributed by atoms with van der Waals surface area (Å²) in [5.41, 5.74) is 0.473. The van der Waals surface area contributed by atoms with Gasteiger partial charge in [-0.05, 0) is 25.3 Å². The van der Waals surface area contributed by atoms with Gasteiger partial charge in [0.1, 0.15) is 0 Å². The largest absolute Gasteiger partial charge is 0.390 e. The number of rotatable bonds is 3. The van der Waals surface area contributed by atoms with Crippen LogP contribution in [0.1, 0.15) is 32.6 Å². The van der Waals surface area contributed by atoms with Gasteiger partial charge in [-0.25, -0.2) is 0 Å². The molecule has 0 radical (unpaired) electrons. The fourth-order valence-electron chi connectivity index (χ4n) is 2.25. The highest BCUT2D eigenvalue weighted by molar-refractivity contribution is 5.09. The van der Waals surface area contributed by atoms with Crippen molar-refractivity contribution in [3.63, 3.8) is 0 Å². The molecular formula is C11H20O2. The highest BCUT2D eigenvalue weighted by atomic mass is 16.5. The molecule has 1 aliphatic carbocycles. The summed E-state index contributed by atoms with van der Waals surface area (Å²) in [5, 5.41) is 10.1. The highest BCUT2D eigenvalue weighted by Gasteiger charge is 2.35. The fraction of sp³-hybridized carbons (Fsp3) is 0.818. The fourth-order valence-corrected chi connectivity index (χ4v) is 2.25. The molecule has 13 heavy (non-hydrogen) atoms.